The Kier molecular flexibility index (Phi) is 6.11. The summed E-state index contributed by atoms with van der Waals surface area (Å²) in [5, 5.41) is 12.0. The monoisotopic (exact) mass is 226 g/mol. The average molecular weight is 226 g/mol. The van der Waals surface area contributed by atoms with Crippen molar-refractivity contribution in [1.29, 1.82) is 0 Å². The number of hydrogen-bond donors (Lipinski definition) is 2. The lowest BCUT2D eigenvalue weighted by Crippen LogP contribution is -2.30. The molecule has 92 valence electrons. The van der Waals surface area contributed by atoms with Crippen molar-refractivity contribution >= 4 is 5.97 Å². The second-order valence-electron chi connectivity index (χ2n) is 4.14. The summed E-state index contributed by atoms with van der Waals surface area (Å²) in [6, 6.07) is 0. The van der Waals surface area contributed by atoms with E-state index in [-0.39, 0.29) is 0 Å². The van der Waals surface area contributed by atoms with Gasteiger partial charge in [-0.3, -0.25) is 0 Å². The molecule has 0 aromatic rings. The average Bonchev–Trinajstić information content (AvgIpc) is 2.75. The van der Waals surface area contributed by atoms with E-state index in [0.29, 0.717) is 18.5 Å². The Balaban J connectivity index is 2.08. The minimum absolute atomic E-state index is 0.494. The molecule has 1 heterocycles. The number of nitrogens with zero attached hydrogens (tertiary/aromatic N) is 1. The molecule has 0 amide bonds. The smallest absolute Gasteiger partial charge is 0.331 e. The van der Waals surface area contributed by atoms with Crippen molar-refractivity contribution in [2.24, 2.45) is 0 Å². The molecule has 2 N–H and O–H groups in total. The highest BCUT2D eigenvalue weighted by Crippen LogP contribution is 2.05. The molecule has 0 radical (unpaired) electrons. The summed E-state index contributed by atoms with van der Waals surface area (Å²) in [5.41, 5.74) is 0.494. The van der Waals surface area contributed by atoms with E-state index in [1.54, 1.807) is 6.08 Å². The molecule has 0 aliphatic carbocycles. The second kappa shape index (κ2) is 7.41. The number of carboxylic acids is 1. The van der Waals surface area contributed by atoms with Gasteiger partial charge in [-0.15, -0.1) is 0 Å². The van der Waals surface area contributed by atoms with Crippen LogP contribution in [0, 0.1) is 0 Å². The summed E-state index contributed by atoms with van der Waals surface area (Å²) >= 11 is 0. The van der Waals surface area contributed by atoms with E-state index in [9.17, 15) is 4.79 Å². The quantitative estimate of drug-likeness (QED) is 0.504. The fourth-order valence-electron chi connectivity index (χ4n) is 1.92. The SMILES string of the molecule is CCC(=CCNCCN1CCCC1)C(=O)O. The molecule has 0 spiro atoms. The molecule has 0 saturated carbocycles. The number of nitrogens with one attached hydrogen (secondary N) is 1. The van der Waals surface area contributed by atoms with E-state index in [1.165, 1.54) is 25.9 Å². The Bertz CT molecular complexity index is 245. The van der Waals surface area contributed by atoms with E-state index in [1.807, 2.05) is 6.92 Å². The summed E-state index contributed by atoms with van der Waals surface area (Å²) in [6.07, 6.45) is 4.99. The minimum Gasteiger partial charge on any atom is -0.478 e. The predicted octanol–water partition coefficient (Wildman–Crippen LogP) is 1.09. The van der Waals surface area contributed by atoms with Gasteiger partial charge >= 0.3 is 5.97 Å². The van der Waals surface area contributed by atoms with Gasteiger partial charge in [0.25, 0.3) is 0 Å². The summed E-state index contributed by atoms with van der Waals surface area (Å²) in [5.74, 6) is -0.802. The van der Waals surface area contributed by atoms with Crippen LogP contribution in [0.2, 0.25) is 0 Å². The number of likely N-dealkylation sites (tertiary alicyclic amines) is 1. The standard InChI is InChI=1S/C12H22N2O2/c1-2-11(12(15)16)5-6-13-7-10-14-8-3-4-9-14/h5,13H,2-4,6-10H2,1H3,(H,15,16). The van der Waals surface area contributed by atoms with Crippen LogP contribution in [0.3, 0.4) is 0 Å². The fraction of sp³-hybridized carbons (Fsp3) is 0.750. The number of rotatable bonds is 7. The van der Waals surface area contributed by atoms with Gasteiger partial charge in [0, 0.05) is 25.2 Å². The van der Waals surface area contributed by atoms with Crippen molar-refractivity contribution in [3.63, 3.8) is 0 Å². The summed E-state index contributed by atoms with van der Waals surface area (Å²) in [6.45, 7) is 6.96. The Morgan fingerprint density at radius 1 is 1.44 bits per heavy atom. The van der Waals surface area contributed by atoms with Crippen LogP contribution in [0.5, 0.6) is 0 Å². The van der Waals surface area contributed by atoms with Gasteiger partial charge in [-0.05, 0) is 32.4 Å². The van der Waals surface area contributed by atoms with Gasteiger partial charge in [0.2, 0.25) is 0 Å². The van der Waals surface area contributed by atoms with Crippen molar-refractivity contribution in [3.05, 3.63) is 11.6 Å². The van der Waals surface area contributed by atoms with E-state index in [0.717, 1.165) is 13.1 Å². The van der Waals surface area contributed by atoms with Crippen molar-refractivity contribution in [3.8, 4) is 0 Å². The first-order chi connectivity index (χ1) is 7.74. The molecule has 1 saturated heterocycles. The molecule has 1 rings (SSSR count). The van der Waals surface area contributed by atoms with Gasteiger partial charge < -0.3 is 15.3 Å². The highest BCUT2D eigenvalue weighted by atomic mass is 16.4. The number of carbonyl (C=O) groups is 1. The first-order valence-corrected chi connectivity index (χ1v) is 6.09. The molecule has 1 fully saturated rings. The Morgan fingerprint density at radius 3 is 2.69 bits per heavy atom. The number of carboxylic acid groups (broad SMARTS) is 1. The maximum absolute atomic E-state index is 10.7. The largest absolute Gasteiger partial charge is 0.478 e. The first kappa shape index (κ1) is 13.2. The lowest BCUT2D eigenvalue weighted by molar-refractivity contribution is -0.132. The van der Waals surface area contributed by atoms with Crippen molar-refractivity contribution in [2.75, 3.05) is 32.7 Å². The molecular formula is C12H22N2O2. The Labute approximate surface area is 97.3 Å². The molecule has 4 heteroatoms. The molecule has 0 aromatic heterocycles. The topological polar surface area (TPSA) is 52.6 Å². The molecule has 1 aliphatic rings. The van der Waals surface area contributed by atoms with Gasteiger partial charge in [0.1, 0.15) is 0 Å². The molecular weight excluding hydrogens is 204 g/mol. The van der Waals surface area contributed by atoms with Gasteiger partial charge in [-0.2, -0.15) is 0 Å². The normalized spacial score (nSPS) is 17.9. The third kappa shape index (κ3) is 4.77. The highest BCUT2D eigenvalue weighted by Gasteiger charge is 2.09. The van der Waals surface area contributed by atoms with Crippen molar-refractivity contribution in [2.45, 2.75) is 26.2 Å². The van der Waals surface area contributed by atoms with Crippen LogP contribution in [0.4, 0.5) is 0 Å². The van der Waals surface area contributed by atoms with Crippen LogP contribution in [0.15, 0.2) is 11.6 Å². The lowest BCUT2D eigenvalue weighted by atomic mass is 10.2. The van der Waals surface area contributed by atoms with Gasteiger partial charge in [0.05, 0.1) is 0 Å². The summed E-state index contributed by atoms with van der Waals surface area (Å²) in [4.78, 5) is 13.1. The maximum Gasteiger partial charge on any atom is 0.331 e. The molecule has 0 bridgehead atoms. The van der Waals surface area contributed by atoms with Crippen LogP contribution >= 0.6 is 0 Å². The Hall–Kier alpha value is -0.870. The molecule has 0 unspecified atom stereocenters. The third-order valence-electron chi connectivity index (χ3n) is 2.95. The first-order valence-electron chi connectivity index (χ1n) is 6.09. The molecule has 4 nitrogen and oxygen atoms in total. The zero-order valence-electron chi connectivity index (χ0n) is 10.0. The van der Waals surface area contributed by atoms with Crippen LogP contribution in [-0.4, -0.2) is 48.7 Å². The van der Waals surface area contributed by atoms with E-state index >= 15 is 0 Å². The third-order valence-corrected chi connectivity index (χ3v) is 2.95. The maximum atomic E-state index is 10.7. The molecule has 1 aliphatic heterocycles. The summed E-state index contributed by atoms with van der Waals surface area (Å²) < 4.78 is 0. The van der Waals surface area contributed by atoms with Crippen molar-refractivity contribution < 1.29 is 9.90 Å². The van der Waals surface area contributed by atoms with Crippen molar-refractivity contribution in [1.82, 2.24) is 10.2 Å². The van der Waals surface area contributed by atoms with E-state index < -0.39 is 5.97 Å². The Morgan fingerprint density at radius 2 is 2.12 bits per heavy atom. The van der Waals surface area contributed by atoms with Crippen LogP contribution in [0.25, 0.3) is 0 Å². The van der Waals surface area contributed by atoms with E-state index in [2.05, 4.69) is 10.2 Å². The van der Waals surface area contributed by atoms with Crippen LogP contribution < -0.4 is 5.32 Å². The number of hydrogen-bond acceptors (Lipinski definition) is 3. The molecule has 16 heavy (non-hydrogen) atoms. The summed E-state index contributed by atoms with van der Waals surface area (Å²) in [7, 11) is 0. The molecule has 0 aromatic carbocycles. The van der Waals surface area contributed by atoms with E-state index in [4.69, 9.17) is 5.11 Å². The fourth-order valence-corrected chi connectivity index (χ4v) is 1.92. The highest BCUT2D eigenvalue weighted by molar-refractivity contribution is 5.86. The van der Waals surface area contributed by atoms with Gasteiger partial charge in [-0.1, -0.05) is 13.0 Å². The minimum atomic E-state index is -0.802. The van der Waals surface area contributed by atoms with Gasteiger partial charge in [0.15, 0.2) is 0 Å². The van der Waals surface area contributed by atoms with Gasteiger partial charge in [-0.25, -0.2) is 4.79 Å². The van der Waals surface area contributed by atoms with Crippen LogP contribution in [0.1, 0.15) is 26.2 Å². The second-order valence-corrected chi connectivity index (χ2v) is 4.14. The zero-order chi connectivity index (χ0) is 11.8. The predicted molar refractivity (Wildman–Crippen MR) is 64.6 cm³/mol. The lowest BCUT2D eigenvalue weighted by Gasteiger charge is -2.14. The molecule has 0 atom stereocenters. The van der Waals surface area contributed by atoms with Crippen LogP contribution in [-0.2, 0) is 4.79 Å². The zero-order valence-corrected chi connectivity index (χ0v) is 10.0. The number of aliphatic carboxylic acids is 1.